The number of anilines is 2. The molecule has 5 nitrogen and oxygen atoms in total. The SMILES string of the molecule is CCOc1ccc(NC(=O)CNc2cc(Cl)ccc2Oc2ccccc2)cc1. The van der Waals surface area contributed by atoms with Crippen LogP contribution in [0.3, 0.4) is 0 Å². The Kier molecular flexibility index (Phi) is 6.76. The number of hydrogen-bond donors (Lipinski definition) is 2. The fraction of sp³-hybridized carbons (Fsp3) is 0.136. The van der Waals surface area contributed by atoms with Gasteiger partial charge in [-0.3, -0.25) is 4.79 Å². The van der Waals surface area contributed by atoms with Gasteiger partial charge in [-0.1, -0.05) is 29.8 Å². The van der Waals surface area contributed by atoms with Gasteiger partial charge < -0.3 is 20.1 Å². The molecule has 0 bridgehead atoms. The largest absolute Gasteiger partial charge is 0.494 e. The monoisotopic (exact) mass is 396 g/mol. The van der Waals surface area contributed by atoms with Crippen LogP contribution in [0, 0.1) is 0 Å². The summed E-state index contributed by atoms with van der Waals surface area (Å²) in [5.41, 5.74) is 1.33. The molecule has 144 valence electrons. The highest BCUT2D eigenvalue weighted by molar-refractivity contribution is 6.31. The molecule has 0 atom stereocenters. The molecule has 28 heavy (non-hydrogen) atoms. The predicted octanol–water partition coefficient (Wildman–Crippen LogP) is 5.58. The maximum absolute atomic E-state index is 12.3. The molecular weight excluding hydrogens is 376 g/mol. The lowest BCUT2D eigenvalue weighted by atomic mass is 10.2. The lowest BCUT2D eigenvalue weighted by Gasteiger charge is -2.14. The van der Waals surface area contributed by atoms with Crippen molar-refractivity contribution in [1.82, 2.24) is 0 Å². The van der Waals surface area contributed by atoms with Gasteiger partial charge in [-0.05, 0) is 61.5 Å². The summed E-state index contributed by atoms with van der Waals surface area (Å²) in [6.07, 6.45) is 0. The van der Waals surface area contributed by atoms with Crippen LogP contribution in [0.15, 0.2) is 72.8 Å². The molecule has 6 heteroatoms. The van der Waals surface area contributed by atoms with E-state index in [2.05, 4.69) is 10.6 Å². The number of ether oxygens (including phenoxy) is 2. The number of carbonyl (C=O) groups is 1. The van der Waals surface area contributed by atoms with Crippen LogP contribution in [-0.2, 0) is 4.79 Å². The van der Waals surface area contributed by atoms with Crippen molar-refractivity contribution in [3.63, 3.8) is 0 Å². The van der Waals surface area contributed by atoms with Crippen LogP contribution in [-0.4, -0.2) is 19.1 Å². The quantitative estimate of drug-likeness (QED) is 0.521. The van der Waals surface area contributed by atoms with Gasteiger partial charge in [-0.15, -0.1) is 0 Å². The fourth-order valence-electron chi connectivity index (χ4n) is 2.53. The van der Waals surface area contributed by atoms with Crippen LogP contribution in [0.4, 0.5) is 11.4 Å². The number of para-hydroxylation sites is 1. The molecule has 0 saturated heterocycles. The Morgan fingerprint density at radius 3 is 2.43 bits per heavy atom. The van der Waals surface area contributed by atoms with Crippen molar-refractivity contribution in [2.75, 3.05) is 23.8 Å². The average Bonchev–Trinajstić information content (AvgIpc) is 2.71. The summed E-state index contributed by atoms with van der Waals surface area (Å²) in [5, 5.41) is 6.47. The summed E-state index contributed by atoms with van der Waals surface area (Å²) in [7, 11) is 0. The van der Waals surface area contributed by atoms with Crippen LogP contribution in [0.1, 0.15) is 6.92 Å². The minimum Gasteiger partial charge on any atom is -0.494 e. The van der Waals surface area contributed by atoms with E-state index in [-0.39, 0.29) is 12.5 Å². The molecule has 0 aliphatic rings. The molecule has 0 aliphatic carbocycles. The predicted molar refractivity (Wildman–Crippen MR) is 113 cm³/mol. The Morgan fingerprint density at radius 1 is 0.964 bits per heavy atom. The zero-order valence-electron chi connectivity index (χ0n) is 15.4. The van der Waals surface area contributed by atoms with E-state index in [1.807, 2.05) is 49.4 Å². The van der Waals surface area contributed by atoms with E-state index >= 15 is 0 Å². The molecule has 1 amide bonds. The number of nitrogens with one attached hydrogen (secondary N) is 2. The molecule has 0 spiro atoms. The fourth-order valence-corrected chi connectivity index (χ4v) is 2.70. The first kappa shape index (κ1) is 19.6. The molecule has 3 rings (SSSR count). The maximum Gasteiger partial charge on any atom is 0.243 e. The molecule has 2 N–H and O–H groups in total. The minimum atomic E-state index is -0.185. The van der Waals surface area contributed by atoms with Crippen LogP contribution < -0.4 is 20.1 Å². The van der Waals surface area contributed by atoms with E-state index in [0.717, 1.165) is 5.75 Å². The van der Waals surface area contributed by atoms with E-state index in [0.29, 0.717) is 34.5 Å². The Bertz CT molecular complexity index is 915. The van der Waals surface area contributed by atoms with Gasteiger partial charge in [0.2, 0.25) is 5.91 Å². The molecule has 0 fully saturated rings. The van der Waals surface area contributed by atoms with Crippen LogP contribution in [0.25, 0.3) is 0 Å². The van der Waals surface area contributed by atoms with Crippen molar-refractivity contribution in [3.05, 3.63) is 77.8 Å². The summed E-state index contributed by atoms with van der Waals surface area (Å²) in [6.45, 7) is 2.59. The topological polar surface area (TPSA) is 59.6 Å². The highest BCUT2D eigenvalue weighted by Crippen LogP contribution is 2.31. The Morgan fingerprint density at radius 2 is 1.71 bits per heavy atom. The van der Waals surface area contributed by atoms with Crippen molar-refractivity contribution in [2.24, 2.45) is 0 Å². The van der Waals surface area contributed by atoms with Gasteiger partial charge in [0.25, 0.3) is 0 Å². The Balaban J connectivity index is 1.61. The van der Waals surface area contributed by atoms with Gasteiger partial charge in [-0.2, -0.15) is 0 Å². The molecular formula is C22H21ClN2O3. The molecule has 0 aromatic heterocycles. The molecule has 0 unspecified atom stereocenters. The van der Waals surface area contributed by atoms with Gasteiger partial charge in [0.05, 0.1) is 18.8 Å². The Hall–Kier alpha value is -3.18. The van der Waals surface area contributed by atoms with Crippen molar-refractivity contribution in [3.8, 4) is 17.2 Å². The first-order chi connectivity index (χ1) is 13.6. The number of carbonyl (C=O) groups excluding carboxylic acids is 1. The van der Waals surface area contributed by atoms with Gasteiger partial charge in [0.15, 0.2) is 5.75 Å². The van der Waals surface area contributed by atoms with E-state index in [9.17, 15) is 4.79 Å². The number of benzene rings is 3. The summed E-state index contributed by atoms with van der Waals surface area (Å²) in [4.78, 5) is 12.3. The average molecular weight is 397 g/mol. The van der Waals surface area contributed by atoms with Crippen LogP contribution in [0.2, 0.25) is 5.02 Å². The van der Waals surface area contributed by atoms with E-state index < -0.39 is 0 Å². The zero-order chi connectivity index (χ0) is 19.8. The van der Waals surface area contributed by atoms with Crippen molar-refractivity contribution >= 4 is 28.9 Å². The highest BCUT2D eigenvalue weighted by atomic mass is 35.5. The molecule has 3 aromatic rings. The molecule has 0 saturated carbocycles. The van der Waals surface area contributed by atoms with E-state index in [1.165, 1.54) is 0 Å². The van der Waals surface area contributed by atoms with E-state index in [1.54, 1.807) is 30.3 Å². The maximum atomic E-state index is 12.3. The van der Waals surface area contributed by atoms with Gasteiger partial charge in [-0.25, -0.2) is 0 Å². The summed E-state index contributed by atoms with van der Waals surface area (Å²) in [6, 6.07) is 21.9. The lowest BCUT2D eigenvalue weighted by Crippen LogP contribution is -2.21. The first-order valence-electron chi connectivity index (χ1n) is 8.93. The lowest BCUT2D eigenvalue weighted by molar-refractivity contribution is -0.114. The molecule has 0 aliphatic heterocycles. The second kappa shape index (κ2) is 9.67. The third kappa shape index (κ3) is 5.66. The zero-order valence-corrected chi connectivity index (χ0v) is 16.2. The summed E-state index contributed by atoms with van der Waals surface area (Å²) in [5.74, 6) is 1.87. The highest BCUT2D eigenvalue weighted by Gasteiger charge is 2.09. The van der Waals surface area contributed by atoms with Crippen LogP contribution in [0.5, 0.6) is 17.2 Å². The Labute approximate surface area is 169 Å². The summed E-state index contributed by atoms with van der Waals surface area (Å²) >= 11 is 6.10. The smallest absolute Gasteiger partial charge is 0.243 e. The third-order valence-corrected chi connectivity index (χ3v) is 4.04. The molecule has 3 aromatic carbocycles. The van der Waals surface area contributed by atoms with Crippen molar-refractivity contribution < 1.29 is 14.3 Å². The standard InChI is InChI=1S/C22H21ClN2O3/c1-2-27-18-11-9-17(10-12-18)25-22(26)15-24-20-14-16(23)8-13-21(20)28-19-6-4-3-5-7-19/h3-14,24H,2,15H2,1H3,(H,25,26). The number of hydrogen-bond acceptors (Lipinski definition) is 4. The second-order valence-electron chi connectivity index (χ2n) is 5.91. The van der Waals surface area contributed by atoms with Gasteiger partial charge in [0, 0.05) is 10.7 Å². The second-order valence-corrected chi connectivity index (χ2v) is 6.35. The number of amides is 1. The normalized spacial score (nSPS) is 10.2. The first-order valence-corrected chi connectivity index (χ1v) is 9.31. The van der Waals surface area contributed by atoms with E-state index in [4.69, 9.17) is 21.1 Å². The van der Waals surface area contributed by atoms with Crippen molar-refractivity contribution in [1.29, 1.82) is 0 Å². The van der Waals surface area contributed by atoms with Gasteiger partial charge in [0.1, 0.15) is 11.5 Å². The third-order valence-electron chi connectivity index (χ3n) is 3.80. The van der Waals surface area contributed by atoms with Gasteiger partial charge >= 0.3 is 0 Å². The molecule has 0 radical (unpaired) electrons. The summed E-state index contributed by atoms with van der Waals surface area (Å²) < 4.78 is 11.3. The minimum absolute atomic E-state index is 0.0682. The molecule has 0 heterocycles. The van der Waals surface area contributed by atoms with Crippen LogP contribution >= 0.6 is 11.6 Å². The number of rotatable bonds is 8. The van der Waals surface area contributed by atoms with Crippen molar-refractivity contribution in [2.45, 2.75) is 6.92 Å². The number of halogens is 1.